The third kappa shape index (κ3) is 4.05. The van der Waals surface area contributed by atoms with Gasteiger partial charge in [-0.1, -0.05) is 30.1 Å². The van der Waals surface area contributed by atoms with E-state index in [0.29, 0.717) is 33.2 Å². The molecule has 0 saturated carbocycles. The molecule has 0 radical (unpaired) electrons. The second-order valence-electron chi connectivity index (χ2n) is 6.13. The zero-order valence-electron chi connectivity index (χ0n) is 13.4. The van der Waals surface area contributed by atoms with Crippen molar-refractivity contribution in [1.29, 1.82) is 0 Å². The van der Waals surface area contributed by atoms with Crippen molar-refractivity contribution in [2.45, 2.75) is 26.4 Å². The Morgan fingerprint density at radius 3 is 2.92 bits per heavy atom. The summed E-state index contributed by atoms with van der Waals surface area (Å²) in [7, 11) is 0. The highest BCUT2D eigenvalue weighted by Crippen LogP contribution is 2.28. The number of likely N-dealkylation sites (tertiary alicyclic amines) is 1. The van der Waals surface area contributed by atoms with E-state index in [1.165, 1.54) is 6.42 Å². The van der Waals surface area contributed by atoms with Gasteiger partial charge in [-0.05, 0) is 49.1 Å². The predicted octanol–water partition coefficient (Wildman–Crippen LogP) is 5.04. The van der Waals surface area contributed by atoms with Crippen molar-refractivity contribution in [2.75, 3.05) is 13.1 Å². The average Bonchev–Trinajstić information content (AvgIpc) is 3.02. The van der Waals surface area contributed by atoms with Gasteiger partial charge < -0.3 is 14.1 Å². The first-order valence-electron chi connectivity index (χ1n) is 7.99. The molecule has 1 aromatic heterocycles. The van der Waals surface area contributed by atoms with E-state index in [0.717, 1.165) is 19.5 Å². The van der Waals surface area contributed by atoms with Crippen molar-refractivity contribution in [3.63, 3.8) is 0 Å². The molecule has 0 bridgehead atoms. The van der Waals surface area contributed by atoms with Crippen LogP contribution in [0.5, 0.6) is 5.75 Å². The fraction of sp³-hybridized carbons (Fsp3) is 0.389. The summed E-state index contributed by atoms with van der Waals surface area (Å²) in [5, 5.41) is 0.988. The molecule has 6 heteroatoms. The first-order chi connectivity index (χ1) is 11.5. The van der Waals surface area contributed by atoms with Crippen molar-refractivity contribution in [1.82, 2.24) is 4.90 Å². The summed E-state index contributed by atoms with van der Waals surface area (Å²) in [5.74, 6) is 1.93. The molecule has 2 heterocycles. The average molecular weight is 368 g/mol. The van der Waals surface area contributed by atoms with Gasteiger partial charge in [-0.3, -0.25) is 4.79 Å². The van der Waals surface area contributed by atoms with Crippen LogP contribution in [0.1, 0.15) is 36.1 Å². The van der Waals surface area contributed by atoms with Gasteiger partial charge >= 0.3 is 0 Å². The maximum Gasteiger partial charge on any atom is 0.289 e. The fourth-order valence-corrected chi connectivity index (χ4v) is 3.30. The number of hydrogen-bond acceptors (Lipinski definition) is 3. The molecule has 0 spiro atoms. The molecule has 1 aromatic carbocycles. The topological polar surface area (TPSA) is 42.7 Å². The van der Waals surface area contributed by atoms with Crippen LogP contribution in [0.4, 0.5) is 0 Å². The molecule has 1 fully saturated rings. The first kappa shape index (κ1) is 17.2. The Kier molecular flexibility index (Phi) is 5.36. The molecular weight excluding hydrogens is 349 g/mol. The molecule has 24 heavy (non-hydrogen) atoms. The number of nitrogens with zero attached hydrogens (tertiary/aromatic N) is 1. The predicted molar refractivity (Wildman–Crippen MR) is 93.8 cm³/mol. The van der Waals surface area contributed by atoms with E-state index in [9.17, 15) is 4.79 Å². The minimum absolute atomic E-state index is 0.0580. The van der Waals surface area contributed by atoms with E-state index in [2.05, 4.69) is 6.92 Å². The van der Waals surface area contributed by atoms with Gasteiger partial charge in [0.15, 0.2) is 5.76 Å². The summed E-state index contributed by atoms with van der Waals surface area (Å²) in [6, 6.07) is 8.48. The van der Waals surface area contributed by atoms with E-state index in [-0.39, 0.29) is 12.5 Å². The van der Waals surface area contributed by atoms with Crippen LogP contribution in [0.15, 0.2) is 34.7 Å². The molecule has 0 unspecified atom stereocenters. The molecule has 1 aliphatic rings. The lowest BCUT2D eigenvalue weighted by Gasteiger charge is -2.30. The Labute approximate surface area is 151 Å². The van der Waals surface area contributed by atoms with E-state index in [4.69, 9.17) is 32.4 Å². The monoisotopic (exact) mass is 367 g/mol. The van der Waals surface area contributed by atoms with Gasteiger partial charge in [0, 0.05) is 18.1 Å². The maximum absolute atomic E-state index is 12.5. The standard InChI is InChI=1S/C18H19Cl2NO3/c1-12-3-2-8-21(10-12)18(22)17-7-5-14(24-17)11-23-16-6-4-13(19)9-15(16)20/h4-7,9,12H,2-3,8,10-11H2,1H3/t12-/m0/s1. The Balaban J connectivity index is 1.62. The second kappa shape index (κ2) is 7.49. The molecule has 1 amide bonds. The number of furan rings is 1. The Morgan fingerprint density at radius 2 is 2.17 bits per heavy atom. The zero-order chi connectivity index (χ0) is 17.1. The molecule has 2 aromatic rings. The Hall–Kier alpha value is -1.65. The zero-order valence-corrected chi connectivity index (χ0v) is 14.9. The lowest BCUT2D eigenvalue weighted by molar-refractivity contribution is 0.0647. The van der Waals surface area contributed by atoms with Crippen LogP contribution >= 0.6 is 23.2 Å². The van der Waals surface area contributed by atoms with Crippen LogP contribution in [0.25, 0.3) is 0 Å². The molecule has 128 valence electrons. The molecule has 1 saturated heterocycles. The molecule has 4 nitrogen and oxygen atoms in total. The Morgan fingerprint density at radius 1 is 1.33 bits per heavy atom. The van der Waals surface area contributed by atoms with Crippen LogP contribution < -0.4 is 4.74 Å². The summed E-state index contributed by atoms with van der Waals surface area (Å²) in [5.41, 5.74) is 0. The number of amides is 1. The largest absolute Gasteiger partial charge is 0.484 e. The number of hydrogen-bond donors (Lipinski definition) is 0. The van der Waals surface area contributed by atoms with Gasteiger partial charge in [-0.25, -0.2) is 0 Å². The van der Waals surface area contributed by atoms with Gasteiger partial charge in [0.1, 0.15) is 18.1 Å². The summed E-state index contributed by atoms with van der Waals surface area (Å²) in [4.78, 5) is 14.3. The molecule has 1 atom stereocenters. The Bertz CT molecular complexity index is 729. The lowest BCUT2D eigenvalue weighted by atomic mass is 10.0. The van der Waals surface area contributed by atoms with Crippen LogP contribution in [0, 0.1) is 5.92 Å². The molecule has 1 aliphatic heterocycles. The van der Waals surface area contributed by atoms with E-state index >= 15 is 0 Å². The van der Waals surface area contributed by atoms with Crippen molar-refractivity contribution in [3.8, 4) is 5.75 Å². The van der Waals surface area contributed by atoms with Gasteiger partial charge in [0.25, 0.3) is 5.91 Å². The normalized spacial score (nSPS) is 17.8. The molecule has 0 aliphatic carbocycles. The van der Waals surface area contributed by atoms with Crippen LogP contribution in [-0.2, 0) is 6.61 Å². The number of ether oxygens (including phenoxy) is 1. The molecule has 3 rings (SSSR count). The highest BCUT2D eigenvalue weighted by molar-refractivity contribution is 6.35. The summed E-state index contributed by atoms with van der Waals surface area (Å²) >= 11 is 11.9. The van der Waals surface area contributed by atoms with Gasteiger partial charge in [0.05, 0.1) is 5.02 Å². The van der Waals surface area contributed by atoms with Gasteiger partial charge in [0.2, 0.25) is 0 Å². The van der Waals surface area contributed by atoms with Gasteiger partial charge in [-0.15, -0.1) is 0 Å². The smallest absolute Gasteiger partial charge is 0.289 e. The van der Waals surface area contributed by atoms with E-state index in [1.807, 2.05) is 4.90 Å². The van der Waals surface area contributed by atoms with Gasteiger partial charge in [-0.2, -0.15) is 0 Å². The summed E-state index contributed by atoms with van der Waals surface area (Å²) < 4.78 is 11.3. The van der Waals surface area contributed by atoms with Crippen LogP contribution in [0.2, 0.25) is 10.0 Å². The fourth-order valence-electron chi connectivity index (χ4n) is 2.84. The van der Waals surface area contributed by atoms with Crippen molar-refractivity contribution < 1.29 is 13.9 Å². The number of carbonyl (C=O) groups is 1. The first-order valence-corrected chi connectivity index (χ1v) is 8.74. The van der Waals surface area contributed by atoms with Crippen LogP contribution in [0.3, 0.4) is 0 Å². The molecule has 0 N–H and O–H groups in total. The van der Waals surface area contributed by atoms with Crippen molar-refractivity contribution >= 4 is 29.1 Å². The SMILES string of the molecule is C[C@H]1CCCN(C(=O)c2ccc(COc3ccc(Cl)cc3Cl)o2)C1. The molecular formula is C18H19Cl2NO3. The highest BCUT2D eigenvalue weighted by atomic mass is 35.5. The number of rotatable bonds is 4. The highest BCUT2D eigenvalue weighted by Gasteiger charge is 2.24. The minimum atomic E-state index is -0.0580. The van der Waals surface area contributed by atoms with Crippen molar-refractivity contribution in [2.24, 2.45) is 5.92 Å². The quantitative estimate of drug-likeness (QED) is 0.760. The number of carbonyl (C=O) groups excluding carboxylic acids is 1. The van der Waals surface area contributed by atoms with E-state index in [1.54, 1.807) is 30.3 Å². The summed E-state index contributed by atoms with van der Waals surface area (Å²) in [6.07, 6.45) is 2.21. The number of piperidine rings is 1. The summed E-state index contributed by atoms with van der Waals surface area (Å²) in [6.45, 7) is 3.93. The van der Waals surface area contributed by atoms with E-state index < -0.39 is 0 Å². The second-order valence-corrected chi connectivity index (χ2v) is 6.97. The maximum atomic E-state index is 12.5. The lowest BCUT2D eigenvalue weighted by Crippen LogP contribution is -2.38. The van der Waals surface area contributed by atoms with Crippen molar-refractivity contribution in [3.05, 3.63) is 51.9 Å². The number of halogens is 2. The third-order valence-electron chi connectivity index (χ3n) is 4.08. The minimum Gasteiger partial charge on any atom is -0.484 e. The third-order valence-corrected chi connectivity index (χ3v) is 4.61. The van der Waals surface area contributed by atoms with Crippen LogP contribution in [-0.4, -0.2) is 23.9 Å². The number of benzene rings is 1.